The van der Waals surface area contributed by atoms with Crippen molar-refractivity contribution in [2.75, 3.05) is 12.5 Å². The van der Waals surface area contributed by atoms with Gasteiger partial charge in [0.25, 0.3) is 0 Å². The summed E-state index contributed by atoms with van der Waals surface area (Å²) < 4.78 is 0.190. The van der Waals surface area contributed by atoms with E-state index in [0.717, 1.165) is 0 Å². The summed E-state index contributed by atoms with van der Waals surface area (Å²) in [5.41, 5.74) is 5.86. The van der Waals surface area contributed by atoms with Crippen molar-refractivity contribution in [3.8, 4) is 6.07 Å². The minimum absolute atomic E-state index is 0.190. The van der Waals surface area contributed by atoms with Crippen molar-refractivity contribution in [1.29, 1.82) is 5.26 Å². The van der Waals surface area contributed by atoms with Crippen LogP contribution in [0, 0.1) is 11.3 Å². The molecule has 0 amide bonds. The summed E-state index contributed by atoms with van der Waals surface area (Å²) in [4.78, 5) is 0. The molecule has 0 aliphatic heterocycles. The van der Waals surface area contributed by atoms with Crippen LogP contribution < -0.4 is 5.73 Å². The number of hydrogen-bond acceptors (Lipinski definition) is 4. The van der Waals surface area contributed by atoms with E-state index in [-0.39, 0.29) is 4.58 Å². The van der Waals surface area contributed by atoms with Crippen LogP contribution in [0.5, 0.6) is 0 Å². The van der Waals surface area contributed by atoms with Crippen molar-refractivity contribution in [2.24, 2.45) is 5.73 Å². The molecule has 0 rings (SSSR count). The molecule has 0 fully saturated rings. The Morgan fingerprint density at radius 1 is 1.60 bits per heavy atom. The molecule has 0 unspecified atom stereocenters. The highest BCUT2D eigenvalue weighted by atomic mass is 32.2. The van der Waals surface area contributed by atoms with Gasteiger partial charge >= 0.3 is 0 Å². The van der Waals surface area contributed by atoms with E-state index in [9.17, 15) is 0 Å². The second-order valence-electron chi connectivity index (χ2n) is 1.54. The fourth-order valence-electron chi connectivity index (χ4n) is 0.519. The van der Waals surface area contributed by atoms with Gasteiger partial charge in [0.15, 0.2) is 0 Å². The predicted molar refractivity (Wildman–Crippen MR) is 48.7 cm³/mol. The van der Waals surface area contributed by atoms with Crippen LogP contribution in [-0.2, 0) is 0 Å². The molecule has 0 saturated heterocycles. The van der Waals surface area contributed by atoms with Gasteiger partial charge in [0, 0.05) is 6.20 Å². The smallest absolute Gasteiger partial charge is 0.0983 e. The Bertz CT molecular complexity index is 156. The van der Waals surface area contributed by atoms with E-state index in [4.69, 9.17) is 11.0 Å². The maximum atomic E-state index is 8.53. The minimum Gasteiger partial charge on any atom is -0.404 e. The highest BCUT2D eigenvalue weighted by Gasteiger charge is 2.09. The molecule has 0 aromatic heterocycles. The van der Waals surface area contributed by atoms with E-state index in [1.54, 1.807) is 23.5 Å². The van der Waals surface area contributed by atoms with Crippen LogP contribution in [0.3, 0.4) is 0 Å². The molecule has 0 radical (unpaired) electrons. The summed E-state index contributed by atoms with van der Waals surface area (Å²) in [6.45, 7) is 0. The molecule has 10 heavy (non-hydrogen) atoms. The van der Waals surface area contributed by atoms with Gasteiger partial charge in [0.1, 0.15) is 0 Å². The van der Waals surface area contributed by atoms with Gasteiger partial charge in [-0.15, -0.1) is 23.5 Å². The number of thioether (sulfide) groups is 2. The number of nitriles is 1. The van der Waals surface area contributed by atoms with Gasteiger partial charge in [-0.1, -0.05) is 0 Å². The lowest BCUT2D eigenvalue weighted by Crippen LogP contribution is -2.00. The Morgan fingerprint density at radius 2 is 2.10 bits per heavy atom. The fourth-order valence-corrected chi connectivity index (χ4v) is 2.06. The molecule has 0 spiro atoms. The molecule has 0 atom stereocenters. The molecular weight excluding hydrogens is 164 g/mol. The first-order valence-electron chi connectivity index (χ1n) is 2.67. The minimum atomic E-state index is 0.190. The zero-order valence-electron chi connectivity index (χ0n) is 6.00. The molecule has 0 aliphatic carbocycles. The average molecular weight is 174 g/mol. The number of nitrogens with zero attached hydrogens (tertiary/aromatic N) is 1. The zero-order chi connectivity index (χ0) is 7.98. The third-order valence-electron chi connectivity index (χ3n) is 0.991. The maximum absolute atomic E-state index is 8.53. The Morgan fingerprint density at radius 3 is 2.20 bits per heavy atom. The van der Waals surface area contributed by atoms with Gasteiger partial charge in [-0.2, -0.15) is 5.26 Å². The second-order valence-corrected chi connectivity index (χ2v) is 3.72. The van der Waals surface area contributed by atoms with E-state index in [1.807, 2.05) is 18.6 Å². The zero-order valence-corrected chi connectivity index (χ0v) is 7.63. The first-order valence-corrected chi connectivity index (χ1v) is 5.25. The SMILES string of the molecule is CSC(SC)C(C#N)=CN. The summed E-state index contributed by atoms with van der Waals surface area (Å²) in [6.07, 6.45) is 5.29. The first-order chi connectivity index (χ1) is 4.79. The fraction of sp³-hybridized carbons (Fsp3) is 0.500. The van der Waals surface area contributed by atoms with Crippen molar-refractivity contribution >= 4 is 23.5 Å². The Balaban J connectivity index is 4.14. The summed E-state index contributed by atoms with van der Waals surface area (Å²) in [5, 5.41) is 8.53. The maximum Gasteiger partial charge on any atom is 0.0983 e. The van der Waals surface area contributed by atoms with Crippen molar-refractivity contribution < 1.29 is 0 Å². The van der Waals surface area contributed by atoms with Crippen LogP contribution in [0.1, 0.15) is 0 Å². The van der Waals surface area contributed by atoms with Gasteiger partial charge in [0.05, 0.1) is 16.2 Å². The lowest BCUT2D eigenvalue weighted by molar-refractivity contribution is 1.37. The summed E-state index contributed by atoms with van der Waals surface area (Å²) in [6, 6.07) is 2.05. The molecule has 4 heteroatoms. The Labute approximate surface area is 69.9 Å². The monoisotopic (exact) mass is 174 g/mol. The van der Waals surface area contributed by atoms with Crippen molar-refractivity contribution in [2.45, 2.75) is 4.58 Å². The molecule has 0 aliphatic rings. The van der Waals surface area contributed by atoms with E-state index in [0.29, 0.717) is 5.57 Å². The van der Waals surface area contributed by atoms with Crippen LogP contribution in [-0.4, -0.2) is 17.1 Å². The molecule has 0 heterocycles. The first kappa shape index (κ1) is 9.73. The van der Waals surface area contributed by atoms with E-state index < -0.39 is 0 Å². The van der Waals surface area contributed by atoms with Gasteiger partial charge in [-0.05, 0) is 12.5 Å². The molecule has 56 valence electrons. The summed E-state index contributed by atoms with van der Waals surface area (Å²) >= 11 is 3.24. The highest BCUT2D eigenvalue weighted by molar-refractivity contribution is 8.16. The topological polar surface area (TPSA) is 49.8 Å². The highest BCUT2D eigenvalue weighted by Crippen LogP contribution is 2.24. The third kappa shape index (κ3) is 2.54. The van der Waals surface area contributed by atoms with Gasteiger partial charge in [0.2, 0.25) is 0 Å². The molecule has 2 nitrogen and oxygen atoms in total. The third-order valence-corrected chi connectivity index (χ3v) is 3.51. The molecule has 0 saturated carbocycles. The van der Waals surface area contributed by atoms with Crippen LogP contribution in [0.15, 0.2) is 11.8 Å². The van der Waals surface area contributed by atoms with E-state index in [1.165, 1.54) is 6.20 Å². The normalized spacial score (nSPS) is 11.6. The molecule has 0 aromatic carbocycles. The molecule has 0 bridgehead atoms. The molecule has 0 aromatic rings. The summed E-state index contributed by atoms with van der Waals surface area (Å²) in [7, 11) is 0. The van der Waals surface area contributed by atoms with Crippen molar-refractivity contribution in [3.05, 3.63) is 11.8 Å². The lowest BCUT2D eigenvalue weighted by atomic mass is 10.4. The standard InChI is InChI=1S/C6H10N2S2/c1-9-6(10-2)5(3-7)4-8/h3,6H,7H2,1-2H3. The summed E-state index contributed by atoms with van der Waals surface area (Å²) in [5.74, 6) is 0. The van der Waals surface area contributed by atoms with Crippen LogP contribution in [0.4, 0.5) is 0 Å². The second kappa shape index (κ2) is 5.51. The van der Waals surface area contributed by atoms with Crippen molar-refractivity contribution in [3.63, 3.8) is 0 Å². The van der Waals surface area contributed by atoms with E-state index in [2.05, 4.69) is 0 Å². The Hall–Kier alpha value is -0.270. The lowest BCUT2D eigenvalue weighted by Gasteiger charge is -2.07. The largest absolute Gasteiger partial charge is 0.404 e. The van der Waals surface area contributed by atoms with Crippen LogP contribution in [0.25, 0.3) is 0 Å². The number of rotatable bonds is 3. The van der Waals surface area contributed by atoms with Gasteiger partial charge in [-0.25, -0.2) is 0 Å². The van der Waals surface area contributed by atoms with Gasteiger partial charge < -0.3 is 5.73 Å². The Kier molecular flexibility index (Phi) is 5.36. The average Bonchev–Trinajstić information content (AvgIpc) is 2.00. The van der Waals surface area contributed by atoms with E-state index >= 15 is 0 Å². The van der Waals surface area contributed by atoms with Gasteiger partial charge in [-0.3, -0.25) is 0 Å². The van der Waals surface area contributed by atoms with Crippen LogP contribution >= 0.6 is 23.5 Å². The predicted octanol–water partition coefficient (Wildman–Crippen LogP) is 1.40. The number of hydrogen-bond donors (Lipinski definition) is 1. The van der Waals surface area contributed by atoms with Crippen molar-refractivity contribution in [1.82, 2.24) is 0 Å². The van der Waals surface area contributed by atoms with Crippen LogP contribution in [0.2, 0.25) is 0 Å². The quantitative estimate of drug-likeness (QED) is 0.519. The number of nitrogens with two attached hydrogens (primary N) is 1. The molecular formula is C6H10N2S2. The molecule has 2 N–H and O–H groups in total.